The number of pyridine rings is 2. The zero-order chi connectivity index (χ0) is 26.3. The first-order valence-electron chi connectivity index (χ1n) is 12.3. The lowest BCUT2D eigenvalue weighted by Crippen LogP contribution is -2.57. The average molecular weight is 525 g/mol. The van der Waals surface area contributed by atoms with E-state index in [0.717, 1.165) is 42.2 Å². The van der Waals surface area contributed by atoms with Crippen molar-refractivity contribution in [3.05, 3.63) is 42.0 Å². The number of hydrogen-bond acceptors (Lipinski definition) is 7. The first-order chi connectivity index (χ1) is 17.5. The Balaban J connectivity index is 1.48. The molecule has 6 rings (SSSR count). The number of nitrogens with one attached hydrogen (secondary N) is 1. The number of carbonyl (C=O) groups is 1. The Morgan fingerprint density at radius 2 is 1.86 bits per heavy atom. The molecule has 3 aliphatic rings. The number of fused-ring (bicyclic) bond motifs is 4. The fraction of sp³-hybridized carbons (Fsp3) is 0.423. The van der Waals surface area contributed by atoms with Crippen molar-refractivity contribution in [1.29, 1.82) is 0 Å². The van der Waals surface area contributed by atoms with Gasteiger partial charge in [-0.1, -0.05) is 6.42 Å². The van der Waals surface area contributed by atoms with E-state index in [0.29, 0.717) is 41.7 Å². The molecule has 0 radical (unpaired) electrons. The van der Waals surface area contributed by atoms with Crippen LogP contribution in [-0.2, 0) is 20.2 Å². The highest BCUT2D eigenvalue weighted by atomic mass is 32.2. The standard InChI is InChI=1S/C26H29FN6O3S/c1-31(2)16-13-33(14-16)24-21(30-37(4,35)36)8-15(11-29-24)17-9-18-20(10-19(17)27)28-12-22-23(18)26(6-5-7-26)25(34)32(22)3/h8-12,16,30H,5-7,13-14H2,1-4H3. The number of nitrogens with zero attached hydrogens (tertiary/aromatic N) is 5. The Hall–Kier alpha value is -3.31. The van der Waals surface area contributed by atoms with Crippen LogP contribution in [0.25, 0.3) is 22.0 Å². The van der Waals surface area contributed by atoms with E-state index in [4.69, 9.17) is 0 Å². The SMILES string of the molecule is CN1C(=O)C2(CCC2)c2c1cnc1cc(F)c(-c3cnc(N4CC(N(C)C)C4)c(NS(C)(=O)=O)c3)cc21. The Labute approximate surface area is 215 Å². The van der Waals surface area contributed by atoms with E-state index in [9.17, 15) is 13.2 Å². The van der Waals surface area contributed by atoms with Crippen LogP contribution >= 0.6 is 0 Å². The Bertz CT molecular complexity index is 1560. The molecule has 0 unspecified atom stereocenters. The number of rotatable bonds is 5. The van der Waals surface area contributed by atoms with Crippen molar-refractivity contribution in [2.75, 3.05) is 55.0 Å². The molecule has 9 nitrogen and oxygen atoms in total. The van der Waals surface area contributed by atoms with Gasteiger partial charge in [0.1, 0.15) is 5.82 Å². The van der Waals surface area contributed by atoms with Crippen LogP contribution < -0.4 is 14.5 Å². The van der Waals surface area contributed by atoms with Crippen molar-refractivity contribution in [2.45, 2.75) is 30.7 Å². The minimum Gasteiger partial charge on any atom is -0.352 e. The number of sulfonamides is 1. The highest BCUT2D eigenvalue weighted by Crippen LogP contribution is 2.55. The molecule has 0 atom stereocenters. The summed E-state index contributed by atoms with van der Waals surface area (Å²) in [5.41, 5.74) is 2.61. The van der Waals surface area contributed by atoms with Crippen molar-refractivity contribution in [1.82, 2.24) is 14.9 Å². The summed E-state index contributed by atoms with van der Waals surface area (Å²) in [4.78, 5) is 27.9. The number of benzene rings is 1. The lowest BCUT2D eigenvalue weighted by Gasteiger charge is -2.44. The predicted octanol–water partition coefficient (Wildman–Crippen LogP) is 2.96. The summed E-state index contributed by atoms with van der Waals surface area (Å²) in [6.07, 6.45) is 6.80. The van der Waals surface area contributed by atoms with Crippen molar-refractivity contribution in [3.8, 4) is 11.1 Å². The maximum absolute atomic E-state index is 15.4. The van der Waals surface area contributed by atoms with E-state index < -0.39 is 21.3 Å². The van der Waals surface area contributed by atoms with Gasteiger partial charge >= 0.3 is 0 Å². The molecule has 1 aliphatic carbocycles. The molecule has 2 aromatic heterocycles. The molecule has 2 fully saturated rings. The normalized spacial score (nSPS) is 18.9. The van der Waals surface area contributed by atoms with Crippen LogP contribution in [0, 0.1) is 5.82 Å². The Kier molecular flexibility index (Phi) is 5.26. The quantitative estimate of drug-likeness (QED) is 0.548. The van der Waals surface area contributed by atoms with E-state index in [-0.39, 0.29) is 11.5 Å². The average Bonchev–Trinajstić information content (AvgIpc) is 2.99. The molecule has 11 heteroatoms. The summed E-state index contributed by atoms with van der Waals surface area (Å²) in [5, 5.41) is 0.740. The predicted molar refractivity (Wildman–Crippen MR) is 142 cm³/mol. The van der Waals surface area contributed by atoms with Crippen LogP contribution in [-0.4, -0.2) is 75.7 Å². The van der Waals surface area contributed by atoms with Crippen LogP contribution in [0.15, 0.2) is 30.6 Å². The molecule has 1 N–H and O–H groups in total. The van der Waals surface area contributed by atoms with Crippen LogP contribution in [0.2, 0.25) is 0 Å². The number of amides is 1. The summed E-state index contributed by atoms with van der Waals surface area (Å²) in [5.74, 6) is 0.0820. The molecule has 1 saturated heterocycles. The molecule has 37 heavy (non-hydrogen) atoms. The number of anilines is 3. The topological polar surface area (TPSA) is 98.7 Å². The summed E-state index contributed by atoms with van der Waals surface area (Å²) in [6, 6.07) is 5.09. The monoisotopic (exact) mass is 524 g/mol. The van der Waals surface area contributed by atoms with E-state index in [2.05, 4.69) is 19.6 Å². The van der Waals surface area contributed by atoms with Gasteiger partial charge in [-0.05, 0) is 39.1 Å². The van der Waals surface area contributed by atoms with Crippen LogP contribution in [0.5, 0.6) is 0 Å². The molecule has 0 bridgehead atoms. The van der Waals surface area contributed by atoms with Crippen molar-refractivity contribution >= 4 is 44.0 Å². The lowest BCUT2D eigenvalue weighted by atomic mass is 9.64. The molecule has 194 valence electrons. The zero-order valence-electron chi connectivity index (χ0n) is 21.2. The maximum atomic E-state index is 15.4. The lowest BCUT2D eigenvalue weighted by molar-refractivity contribution is -0.125. The molecular weight excluding hydrogens is 495 g/mol. The van der Waals surface area contributed by atoms with Crippen LogP contribution in [0.1, 0.15) is 24.8 Å². The summed E-state index contributed by atoms with van der Waals surface area (Å²) in [7, 11) is 2.17. The molecular formula is C26H29FN6O3S. The van der Waals surface area contributed by atoms with Gasteiger partial charge in [-0.25, -0.2) is 17.8 Å². The minimum absolute atomic E-state index is 0.0603. The van der Waals surface area contributed by atoms with Crippen molar-refractivity contribution < 1.29 is 17.6 Å². The Morgan fingerprint density at radius 1 is 1.14 bits per heavy atom. The van der Waals surface area contributed by atoms with Gasteiger partial charge in [-0.2, -0.15) is 0 Å². The molecule has 1 saturated carbocycles. The number of halogens is 1. The first kappa shape index (κ1) is 24.1. The second-order valence-corrected chi connectivity index (χ2v) is 12.4. The van der Waals surface area contributed by atoms with E-state index in [1.807, 2.05) is 19.0 Å². The van der Waals surface area contributed by atoms with Gasteiger partial charge in [0.25, 0.3) is 0 Å². The molecule has 1 spiro atoms. The fourth-order valence-corrected chi connectivity index (χ4v) is 6.35. The van der Waals surface area contributed by atoms with Gasteiger partial charge < -0.3 is 14.7 Å². The zero-order valence-corrected chi connectivity index (χ0v) is 22.1. The molecule has 1 aromatic carbocycles. The number of hydrogen-bond donors (Lipinski definition) is 1. The third-order valence-corrected chi connectivity index (χ3v) is 8.65. The van der Waals surface area contributed by atoms with Gasteiger partial charge in [0, 0.05) is 60.5 Å². The number of likely N-dealkylation sites (N-methyl/N-ethyl adjacent to an activating group) is 2. The Morgan fingerprint density at radius 3 is 2.49 bits per heavy atom. The second-order valence-electron chi connectivity index (χ2n) is 10.7. The van der Waals surface area contributed by atoms with E-state index in [1.54, 1.807) is 36.5 Å². The van der Waals surface area contributed by atoms with Gasteiger partial charge in [0.2, 0.25) is 15.9 Å². The molecule has 4 heterocycles. The van der Waals surface area contributed by atoms with Crippen LogP contribution in [0.4, 0.5) is 21.6 Å². The van der Waals surface area contributed by atoms with Gasteiger partial charge in [-0.15, -0.1) is 0 Å². The summed E-state index contributed by atoms with van der Waals surface area (Å²) in [6.45, 7) is 1.42. The van der Waals surface area contributed by atoms with Gasteiger partial charge in [0.15, 0.2) is 5.82 Å². The van der Waals surface area contributed by atoms with E-state index >= 15 is 4.39 Å². The van der Waals surface area contributed by atoms with Crippen molar-refractivity contribution in [2.24, 2.45) is 0 Å². The van der Waals surface area contributed by atoms with E-state index in [1.165, 1.54) is 6.07 Å². The fourth-order valence-electron chi connectivity index (χ4n) is 5.80. The van der Waals surface area contributed by atoms with Gasteiger partial charge in [-0.3, -0.25) is 14.5 Å². The third kappa shape index (κ3) is 3.66. The minimum atomic E-state index is -3.60. The van der Waals surface area contributed by atoms with Crippen molar-refractivity contribution in [3.63, 3.8) is 0 Å². The highest BCUT2D eigenvalue weighted by Gasteiger charge is 2.54. The molecule has 3 aromatic rings. The third-order valence-electron chi connectivity index (χ3n) is 8.06. The molecule has 2 aliphatic heterocycles. The first-order valence-corrected chi connectivity index (χ1v) is 14.2. The number of aromatic nitrogens is 2. The van der Waals surface area contributed by atoms with Gasteiger partial charge in [0.05, 0.1) is 34.8 Å². The van der Waals surface area contributed by atoms with Crippen LogP contribution in [0.3, 0.4) is 0 Å². The maximum Gasteiger partial charge on any atom is 0.237 e. The summed E-state index contributed by atoms with van der Waals surface area (Å²) < 4.78 is 42.3. The smallest absolute Gasteiger partial charge is 0.237 e. The summed E-state index contributed by atoms with van der Waals surface area (Å²) >= 11 is 0. The highest BCUT2D eigenvalue weighted by molar-refractivity contribution is 7.92. The largest absolute Gasteiger partial charge is 0.352 e. The number of carbonyl (C=O) groups excluding carboxylic acids is 1. The molecule has 1 amide bonds. The second kappa shape index (κ2) is 8.09.